The molecule has 0 saturated carbocycles. The van der Waals surface area contributed by atoms with Crippen LogP contribution in [0.4, 0.5) is 5.69 Å². The quantitative estimate of drug-likeness (QED) is 0.294. The van der Waals surface area contributed by atoms with Crippen LogP contribution in [-0.2, 0) is 6.54 Å². The van der Waals surface area contributed by atoms with Crippen LogP contribution in [0.1, 0.15) is 11.3 Å². The van der Waals surface area contributed by atoms with Crippen molar-refractivity contribution in [2.75, 3.05) is 13.1 Å². The molecule has 32 heavy (non-hydrogen) atoms. The normalized spacial score (nSPS) is 13.8. The Balaban J connectivity index is 1.62. The molecular formula is C21H16ClN5O5. The summed E-state index contributed by atoms with van der Waals surface area (Å²) in [7, 11) is 0. The summed E-state index contributed by atoms with van der Waals surface area (Å²) in [5, 5.41) is 23.5. The van der Waals surface area contributed by atoms with Crippen molar-refractivity contribution in [3.8, 4) is 11.3 Å². The first-order valence-corrected chi connectivity index (χ1v) is 9.90. The van der Waals surface area contributed by atoms with Crippen molar-refractivity contribution in [1.29, 1.82) is 0 Å². The van der Waals surface area contributed by atoms with Crippen LogP contribution >= 0.6 is 11.6 Å². The number of aliphatic imine (C=N–C) groups is 1. The van der Waals surface area contributed by atoms with Crippen molar-refractivity contribution in [3.05, 3.63) is 97.1 Å². The molecule has 1 aliphatic rings. The lowest BCUT2D eigenvalue weighted by molar-refractivity contribution is -0.414. The van der Waals surface area contributed by atoms with Crippen LogP contribution in [0.5, 0.6) is 0 Å². The lowest BCUT2D eigenvalue weighted by atomic mass is 10.1. The number of pyridine rings is 1. The van der Waals surface area contributed by atoms with E-state index in [0.29, 0.717) is 24.8 Å². The third-order valence-corrected chi connectivity index (χ3v) is 5.01. The van der Waals surface area contributed by atoms with Crippen LogP contribution in [0, 0.1) is 20.2 Å². The zero-order valence-corrected chi connectivity index (χ0v) is 17.3. The van der Waals surface area contributed by atoms with E-state index in [1.807, 2.05) is 0 Å². The highest BCUT2D eigenvalue weighted by molar-refractivity contribution is 6.29. The zero-order valence-electron chi connectivity index (χ0n) is 16.6. The fourth-order valence-corrected chi connectivity index (χ4v) is 3.46. The van der Waals surface area contributed by atoms with Crippen LogP contribution in [0.2, 0.25) is 5.15 Å². The van der Waals surface area contributed by atoms with E-state index >= 15 is 0 Å². The number of rotatable bonds is 7. The molecule has 3 heterocycles. The fourth-order valence-electron chi connectivity index (χ4n) is 3.35. The zero-order chi connectivity index (χ0) is 22.7. The number of aromatic nitrogens is 1. The molecule has 0 atom stereocenters. The van der Waals surface area contributed by atoms with E-state index in [-0.39, 0.29) is 34.3 Å². The predicted octanol–water partition coefficient (Wildman–Crippen LogP) is 4.44. The summed E-state index contributed by atoms with van der Waals surface area (Å²) in [6.07, 6.45) is 2.88. The molecule has 162 valence electrons. The minimum Gasteiger partial charge on any atom is -0.456 e. The van der Waals surface area contributed by atoms with Gasteiger partial charge in [-0.25, -0.2) is 4.98 Å². The van der Waals surface area contributed by atoms with Gasteiger partial charge in [0.15, 0.2) is 0 Å². The van der Waals surface area contributed by atoms with Gasteiger partial charge >= 0.3 is 5.70 Å². The number of furan rings is 1. The van der Waals surface area contributed by atoms with Gasteiger partial charge in [0.25, 0.3) is 5.69 Å². The summed E-state index contributed by atoms with van der Waals surface area (Å²) in [6.45, 7) is 1.32. The van der Waals surface area contributed by atoms with Gasteiger partial charge in [0.1, 0.15) is 16.7 Å². The molecule has 0 unspecified atom stereocenters. The van der Waals surface area contributed by atoms with Gasteiger partial charge in [0, 0.05) is 25.4 Å². The smallest absolute Gasteiger partial charge is 0.314 e. The van der Waals surface area contributed by atoms with Crippen molar-refractivity contribution in [2.45, 2.75) is 6.54 Å². The molecular weight excluding hydrogens is 438 g/mol. The second kappa shape index (κ2) is 8.98. The van der Waals surface area contributed by atoms with Crippen LogP contribution in [0.25, 0.3) is 17.4 Å². The molecule has 0 aliphatic carbocycles. The predicted molar refractivity (Wildman–Crippen MR) is 118 cm³/mol. The molecule has 11 heteroatoms. The second-order valence-electron chi connectivity index (χ2n) is 6.88. The highest BCUT2D eigenvalue weighted by atomic mass is 35.5. The molecule has 0 spiro atoms. The van der Waals surface area contributed by atoms with E-state index in [2.05, 4.69) is 9.98 Å². The van der Waals surface area contributed by atoms with E-state index in [1.165, 1.54) is 18.2 Å². The Hall–Kier alpha value is -4.05. The van der Waals surface area contributed by atoms with E-state index in [0.717, 1.165) is 5.56 Å². The molecule has 1 aromatic carbocycles. The highest BCUT2D eigenvalue weighted by Crippen LogP contribution is 2.31. The average Bonchev–Trinajstić information content (AvgIpc) is 3.43. The first kappa shape index (κ1) is 21.2. The number of benzene rings is 1. The molecule has 1 aliphatic heterocycles. The van der Waals surface area contributed by atoms with E-state index in [9.17, 15) is 20.2 Å². The number of nitrogens with zero attached hydrogens (tertiary/aromatic N) is 5. The minimum atomic E-state index is -0.523. The van der Waals surface area contributed by atoms with Gasteiger partial charge in [-0.15, -0.1) is 0 Å². The Morgan fingerprint density at radius 1 is 1.16 bits per heavy atom. The summed E-state index contributed by atoms with van der Waals surface area (Å²) in [5.74, 6) is 0.657. The topological polar surface area (TPSA) is 128 Å². The first-order chi connectivity index (χ1) is 15.4. The van der Waals surface area contributed by atoms with Crippen molar-refractivity contribution < 1.29 is 14.3 Å². The molecule has 2 aromatic heterocycles. The summed E-state index contributed by atoms with van der Waals surface area (Å²) in [6, 6.07) is 12.7. The van der Waals surface area contributed by atoms with Crippen molar-refractivity contribution in [1.82, 2.24) is 9.88 Å². The number of hydrogen-bond acceptors (Lipinski definition) is 8. The Morgan fingerprint density at radius 2 is 1.97 bits per heavy atom. The summed E-state index contributed by atoms with van der Waals surface area (Å²) >= 11 is 5.82. The van der Waals surface area contributed by atoms with Gasteiger partial charge in [-0.1, -0.05) is 29.8 Å². The monoisotopic (exact) mass is 453 g/mol. The minimum absolute atomic E-state index is 0.116. The van der Waals surface area contributed by atoms with Gasteiger partial charge in [-0.3, -0.25) is 25.2 Å². The number of hydrogen-bond donors (Lipinski definition) is 0. The number of nitro groups is 2. The summed E-state index contributed by atoms with van der Waals surface area (Å²) in [5.41, 5.74) is 0.779. The molecule has 10 nitrogen and oxygen atoms in total. The van der Waals surface area contributed by atoms with Crippen molar-refractivity contribution in [3.63, 3.8) is 0 Å². The molecule has 0 bridgehead atoms. The van der Waals surface area contributed by atoms with Crippen LogP contribution in [0.15, 0.2) is 69.8 Å². The second-order valence-corrected chi connectivity index (χ2v) is 7.27. The molecule has 4 rings (SSSR count). The van der Waals surface area contributed by atoms with Gasteiger partial charge in [0.05, 0.1) is 28.0 Å². The van der Waals surface area contributed by atoms with E-state index in [1.54, 1.807) is 47.5 Å². The number of nitro benzene ring substituents is 1. The van der Waals surface area contributed by atoms with Gasteiger partial charge in [-0.2, -0.15) is 0 Å². The van der Waals surface area contributed by atoms with Crippen molar-refractivity contribution >= 4 is 29.2 Å². The van der Waals surface area contributed by atoms with Crippen LogP contribution < -0.4 is 0 Å². The summed E-state index contributed by atoms with van der Waals surface area (Å²) < 4.78 is 5.68. The van der Waals surface area contributed by atoms with Gasteiger partial charge < -0.3 is 9.32 Å². The van der Waals surface area contributed by atoms with Gasteiger partial charge in [0.2, 0.25) is 5.84 Å². The SMILES string of the molecule is O=[N+]([O-])/C(=C/c1ccc(-c2ccccc2[N+](=O)[O-])o1)C1=NCCN1Cc1ccc(Cl)nc1. The van der Waals surface area contributed by atoms with Crippen LogP contribution in [0.3, 0.4) is 0 Å². The van der Waals surface area contributed by atoms with E-state index in [4.69, 9.17) is 16.0 Å². The highest BCUT2D eigenvalue weighted by Gasteiger charge is 2.29. The van der Waals surface area contributed by atoms with Gasteiger partial charge in [-0.05, 0) is 29.8 Å². The largest absolute Gasteiger partial charge is 0.456 e. The average molecular weight is 454 g/mol. The lowest BCUT2D eigenvalue weighted by Gasteiger charge is -2.18. The number of halogens is 1. The third-order valence-electron chi connectivity index (χ3n) is 4.79. The molecule has 3 aromatic rings. The maximum absolute atomic E-state index is 11.8. The third kappa shape index (κ3) is 4.49. The Morgan fingerprint density at radius 3 is 2.69 bits per heavy atom. The maximum atomic E-state index is 11.8. The Bertz CT molecular complexity index is 1240. The van der Waals surface area contributed by atoms with Crippen LogP contribution in [-0.4, -0.2) is 38.7 Å². The van der Waals surface area contributed by atoms with E-state index < -0.39 is 9.85 Å². The molecule has 0 amide bonds. The molecule has 0 fully saturated rings. The Labute approximate surface area is 186 Å². The lowest BCUT2D eigenvalue weighted by Crippen LogP contribution is -2.30. The Kier molecular flexibility index (Phi) is 5.95. The number of amidine groups is 1. The fraction of sp³-hybridized carbons (Fsp3) is 0.143. The maximum Gasteiger partial charge on any atom is 0.314 e. The standard InChI is InChI=1S/C21H16ClN5O5/c22-20-8-5-14(12-24-20)13-25-10-9-23-21(25)18(27(30)31)11-15-6-7-19(32-15)16-3-1-2-4-17(16)26(28)29/h1-8,11-12H,9-10,13H2/b18-11+. The van der Waals surface area contributed by atoms with Crippen molar-refractivity contribution in [2.24, 2.45) is 4.99 Å². The summed E-state index contributed by atoms with van der Waals surface area (Å²) in [4.78, 5) is 32.2. The molecule has 0 saturated heterocycles. The molecule has 0 N–H and O–H groups in total. The molecule has 0 radical (unpaired) electrons. The number of para-hydroxylation sites is 1. The first-order valence-electron chi connectivity index (χ1n) is 9.52.